The second kappa shape index (κ2) is 9.56. The number of carbonyl (C=O) groups is 3. The van der Waals surface area contributed by atoms with E-state index in [4.69, 9.17) is 17.0 Å². The molecular formula is C26H25N3O4S2. The zero-order valence-electron chi connectivity index (χ0n) is 19.5. The van der Waals surface area contributed by atoms with Crippen LogP contribution in [-0.2, 0) is 19.1 Å². The number of thiocarbonyl (C=S) groups is 1. The fourth-order valence-corrected chi connectivity index (χ4v) is 5.99. The topological polar surface area (TPSA) is 79.0 Å². The number of hydrogen-bond donors (Lipinski definition) is 1. The first-order valence-corrected chi connectivity index (χ1v) is 12.7. The average molecular weight is 508 g/mol. The van der Waals surface area contributed by atoms with Crippen LogP contribution in [0.2, 0.25) is 0 Å². The number of carbonyl (C=O) groups excluding carboxylic acids is 3. The molecule has 2 fully saturated rings. The molecule has 0 aromatic heterocycles. The van der Waals surface area contributed by atoms with Gasteiger partial charge in [-0.25, -0.2) is 0 Å². The average Bonchev–Trinajstić information content (AvgIpc) is 3.51. The standard InChI is InChI=1S/C26H25N3O4S2/c1-15-9-10-19(16(2)12-15)27-21(30)14-28-20-8-4-3-7-18(20)22(24(28)31)23-25(32)29(26(34)35-23)13-17-6-5-11-33-17/h3-4,7-10,12,17H,5-6,11,13-14H2,1-2H3,(H,27,30)/b23-22+. The van der Waals surface area contributed by atoms with Crippen molar-refractivity contribution in [2.45, 2.75) is 32.8 Å². The summed E-state index contributed by atoms with van der Waals surface area (Å²) >= 11 is 6.63. The van der Waals surface area contributed by atoms with E-state index < -0.39 is 0 Å². The van der Waals surface area contributed by atoms with E-state index in [0.717, 1.165) is 35.7 Å². The smallest absolute Gasteiger partial charge is 0.267 e. The quantitative estimate of drug-likeness (QED) is 0.486. The number of ether oxygens (including phenoxy) is 1. The first-order valence-electron chi connectivity index (χ1n) is 11.5. The number of rotatable bonds is 5. The molecule has 3 heterocycles. The summed E-state index contributed by atoms with van der Waals surface area (Å²) in [7, 11) is 0. The molecule has 7 nitrogen and oxygen atoms in total. The molecule has 0 spiro atoms. The maximum absolute atomic E-state index is 13.6. The van der Waals surface area contributed by atoms with Crippen molar-refractivity contribution < 1.29 is 19.1 Å². The Hall–Kier alpha value is -3.01. The van der Waals surface area contributed by atoms with Gasteiger partial charge in [-0.1, -0.05) is 59.9 Å². The normalized spacial score (nSPS) is 21.8. The van der Waals surface area contributed by atoms with Crippen molar-refractivity contribution in [1.82, 2.24) is 4.90 Å². The second-order valence-corrected chi connectivity index (χ2v) is 10.5. The van der Waals surface area contributed by atoms with Gasteiger partial charge in [0.05, 0.1) is 28.8 Å². The highest BCUT2D eigenvalue weighted by Gasteiger charge is 2.43. The van der Waals surface area contributed by atoms with Crippen molar-refractivity contribution in [1.29, 1.82) is 0 Å². The predicted molar refractivity (Wildman–Crippen MR) is 141 cm³/mol. The van der Waals surface area contributed by atoms with Gasteiger partial charge >= 0.3 is 0 Å². The van der Waals surface area contributed by atoms with Gasteiger partial charge in [-0.15, -0.1) is 0 Å². The van der Waals surface area contributed by atoms with Crippen LogP contribution in [0.1, 0.15) is 29.5 Å². The van der Waals surface area contributed by atoms with Gasteiger partial charge in [0.25, 0.3) is 11.8 Å². The molecule has 1 N–H and O–H groups in total. The predicted octanol–water partition coefficient (Wildman–Crippen LogP) is 4.04. The number of para-hydroxylation sites is 1. The summed E-state index contributed by atoms with van der Waals surface area (Å²) in [5.41, 5.74) is 4.29. The zero-order chi connectivity index (χ0) is 24.7. The van der Waals surface area contributed by atoms with Gasteiger partial charge in [-0.3, -0.25) is 24.2 Å². The van der Waals surface area contributed by atoms with Crippen LogP contribution in [0.25, 0.3) is 5.57 Å². The number of anilines is 2. The van der Waals surface area contributed by atoms with E-state index in [1.54, 1.807) is 12.1 Å². The summed E-state index contributed by atoms with van der Waals surface area (Å²) < 4.78 is 6.10. The number of fused-ring (bicyclic) bond motifs is 1. The van der Waals surface area contributed by atoms with Gasteiger partial charge in [-0.2, -0.15) is 0 Å². The van der Waals surface area contributed by atoms with Crippen LogP contribution < -0.4 is 10.2 Å². The van der Waals surface area contributed by atoms with Crippen molar-refractivity contribution in [3.63, 3.8) is 0 Å². The first-order chi connectivity index (χ1) is 16.8. The molecule has 0 bridgehead atoms. The highest BCUT2D eigenvalue weighted by molar-refractivity contribution is 8.26. The van der Waals surface area contributed by atoms with Crippen molar-refractivity contribution in [3.8, 4) is 0 Å². The highest BCUT2D eigenvalue weighted by Crippen LogP contribution is 2.44. The maximum atomic E-state index is 13.6. The Morgan fingerprint density at radius 1 is 1.14 bits per heavy atom. The summed E-state index contributed by atoms with van der Waals surface area (Å²) in [6.07, 6.45) is 1.80. The van der Waals surface area contributed by atoms with E-state index in [9.17, 15) is 14.4 Å². The minimum atomic E-state index is -0.375. The second-order valence-electron chi connectivity index (χ2n) is 8.90. The van der Waals surface area contributed by atoms with Crippen molar-refractivity contribution >= 4 is 63.0 Å². The highest BCUT2D eigenvalue weighted by atomic mass is 32.2. The van der Waals surface area contributed by atoms with Crippen LogP contribution in [-0.4, -0.2) is 52.7 Å². The molecule has 3 aliphatic heterocycles. The SMILES string of the molecule is Cc1ccc(NC(=O)CN2C(=O)/C(=C3/SC(=S)N(CC4CCCO4)C3=O)c3ccccc32)c(C)c1. The Morgan fingerprint density at radius 3 is 2.69 bits per heavy atom. The third-order valence-corrected chi connectivity index (χ3v) is 7.82. The molecule has 1 unspecified atom stereocenters. The summed E-state index contributed by atoms with van der Waals surface area (Å²) in [5, 5.41) is 2.90. The Kier molecular flexibility index (Phi) is 6.48. The van der Waals surface area contributed by atoms with Gasteiger partial charge in [0.2, 0.25) is 5.91 Å². The van der Waals surface area contributed by atoms with Crippen molar-refractivity contribution in [2.24, 2.45) is 0 Å². The molecule has 1 atom stereocenters. The largest absolute Gasteiger partial charge is 0.376 e. The Balaban J connectivity index is 1.41. The lowest BCUT2D eigenvalue weighted by molar-refractivity contribution is -0.123. The van der Waals surface area contributed by atoms with Gasteiger partial charge in [-0.05, 0) is 44.4 Å². The van der Waals surface area contributed by atoms with E-state index in [-0.39, 0.29) is 30.4 Å². The Bertz CT molecular complexity index is 1280. The number of amides is 3. The lowest BCUT2D eigenvalue weighted by Gasteiger charge is -2.18. The van der Waals surface area contributed by atoms with E-state index in [1.807, 2.05) is 44.2 Å². The minimum absolute atomic E-state index is 0.0427. The molecule has 3 amide bonds. The number of nitrogens with zero attached hydrogens (tertiary/aromatic N) is 2. The summed E-state index contributed by atoms with van der Waals surface area (Å²) in [4.78, 5) is 43.1. The van der Waals surface area contributed by atoms with E-state index in [2.05, 4.69) is 5.32 Å². The minimum Gasteiger partial charge on any atom is -0.376 e. The molecule has 0 aliphatic carbocycles. The molecule has 0 radical (unpaired) electrons. The van der Waals surface area contributed by atoms with Crippen LogP contribution >= 0.6 is 24.0 Å². The van der Waals surface area contributed by atoms with E-state index >= 15 is 0 Å². The maximum Gasteiger partial charge on any atom is 0.267 e. The van der Waals surface area contributed by atoms with E-state index in [0.29, 0.717) is 44.9 Å². The van der Waals surface area contributed by atoms with Crippen LogP contribution in [0.15, 0.2) is 47.4 Å². The lowest BCUT2D eigenvalue weighted by atomic mass is 10.1. The van der Waals surface area contributed by atoms with Crippen molar-refractivity contribution in [3.05, 3.63) is 64.1 Å². The molecule has 35 heavy (non-hydrogen) atoms. The Morgan fingerprint density at radius 2 is 1.94 bits per heavy atom. The van der Waals surface area contributed by atoms with E-state index in [1.165, 1.54) is 9.80 Å². The fourth-order valence-electron chi connectivity index (χ4n) is 4.64. The molecule has 5 rings (SSSR count). The number of hydrogen-bond acceptors (Lipinski definition) is 6. The molecule has 9 heteroatoms. The monoisotopic (exact) mass is 507 g/mol. The fraction of sp³-hybridized carbons (Fsp3) is 0.308. The van der Waals surface area contributed by atoms with Gasteiger partial charge in [0, 0.05) is 17.9 Å². The summed E-state index contributed by atoms with van der Waals surface area (Å²) in [6, 6.07) is 13.0. The van der Waals surface area contributed by atoms with Gasteiger partial charge in [0.1, 0.15) is 10.9 Å². The molecule has 0 saturated carbocycles. The summed E-state index contributed by atoms with van der Waals surface area (Å²) in [6.45, 7) is 4.83. The third kappa shape index (κ3) is 4.51. The lowest BCUT2D eigenvalue weighted by Crippen LogP contribution is -2.36. The Labute approximate surface area is 213 Å². The third-order valence-electron chi connectivity index (χ3n) is 6.37. The molecular weight excluding hydrogens is 482 g/mol. The number of benzene rings is 2. The van der Waals surface area contributed by atoms with Crippen LogP contribution in [0.3, 0.4) is 0 Å². The van der Waals surface area contributed by atoms with Gasteiger partial charge in [0.15, 0.2) is 0 Å². The van der Waals surface area contributed by atoms with Crippen molar-refractivity contribution in [2.75, 3.05) is 29.9 Å². The summed E-state index contributed by atoms with van der Waals surface area (Å²) in [5.74, 6) is -0.970. The zero-order valence-corrected chi connectivity index (χ0v) is 21.1. The molecule has 3 aliphatic rings. The number of thioether (sulfide) groups is 1. The van der Waals surface area contributed by atoms with Gasteiger partial charge < -0.3 is 10.1 Å². The van der Waals surface area contributed by atoms with Crippen LogP contribution in [0, 0.1) is 13.8 Å². The number of nitrogens with one attached hydrogen (secondary N) is 1. The molecule has 2 aromatic carbocycles. The molecule has 2 saturated heterocycles. The molecule has 2 aromatic rings. The number of aryl methyl sites for hydroxylation is 2. The molecule has 180 valence electrons. The first kappa shape index (κ1) is 23.7. The van der Waals surface area contributed by atoms with Crippen LogP contribution in [0.4, 0.5) is 11.4 Å². The van der Waals surface area contributed by atoms with Crippen LogP contribution in [0.5, 0.6) is 0 Å².